The summed E-state index contributed by atoms with van der Waals surface area (Å²) in [6, 6.07) is 0. The zero-order chi connectivity index (χ0) is 20.4. The van der Waals surface area contributed by atoms with Crippen LogP contribution in [0, 0.1) is 0 Å². The van der Waals surface area contributed by atoms with E-state index in [2.05, 4.69) is 14.2 Å². The fourth-order valence-electron chi connectivity index (χ4n) is 0.469. The van der Waals surface area contributed by atoms with E-state index in [1.165, 1.54) is 13.8 Å². The monoisotopic (exact) mass is 358 g/mol. The summed E-state index contributed by atoms with van der Waals surface area (Å²) in [5.41, 5.74) is 0. The SMILES string of the molecule is CC(C)=O.CC(C)O.COC.COCC(C)OC.COCCOC. The maximum atomic E-state index is 9.44. The fourth-order valence-corrected chi connectivity index (χ4v) is 0.469. The van der Waals surface area contributed by atoms with E-state index in [1.807, 2.05) is 6.92 Å². The molecule has 0 aliphatic carbocycles. The van der Waals surface area contributed by atoms with Crippen molar-refractivity contribution in [2.45, 2.75) is 46.8 Å². The largest absolute Gasteiger partial charge is 0.394 e. The third-order valence-electron chi connectivity index (χ3n) is 1.30. The van der Waals surface area contributed by atoms with Gasteiger partial charge in [0.05, 0.1) is 25.9 Å². The summed E-state index contributed by atoms with van der Waals surface area (Å²) in [5, 5.41) is 8.06. The molecule has 1 atom stereocenters. The molecule has 0 aromatic rings. The minimum atomic E-state index is -0.167. The van der Waals surface area contributed by atoms with Crippen LogP contribution in [0.5, 0.6) is 0 Å². The Morgan fingerprint density at radius 1 is 0.833 bits per heavy atom. The Morgan fingerprint density at radius 2 is 1.08 bits per heavy atom. The first-order valence-corrected chi connectivity index (χ1v) is 7.65. The van der Waals surface area contributed by atoms with E-state index in [0.717, 1.165) is 0 Å². The molecule has 1 unspecified atom stereocenters. The number of methoxy groups -OCH3 is 5. The number of carbonyl (C=O) groups excluding carboxylic acids is 1. The Bertz CT molecular complexity index is 177. The predicted octanol–water partition coefficient (Wildman–Crippen LogP) is 2.19. The highest BCUT2D eigenvalue weighted by atomic mass is 16.5. The van der Waals surface area contributed by atoms with E-state index in [1.54, 1.807) is 56.5 Å². The minimum Gasteiger partial charge on any atom is -0.394 e. The Balaban J connectivity index is -0.0000000650. The van der Waals surface area contributed by atoms with E-state index in [-0.39, 0.29) is 18.0 Å². The van der Waals surface area contributed by atoms with Crippen LogP contribution < -0.4 is 0 Å². The molecule has 0 fully saturated rings. The normalized spacial score (nSPS) is 9.71. The lowest BCUT2D eigenvalue weighted by Gasteiger charge is -2.05. The van der Waals surface area contributed by atoms with Crippen molar-refractivity contribution in [3.05, 3.63) is 0 Å². The lowest BCUT2D eigenvalue weighted by Crippen LogP contribution is -2.11. The maximum Gasteiger partial charge on any atom is 0.126 e. The number of ketones is 1. The molecule has 24 heavy (non-hydrogen) atoms. The molecule has 0 saturated heterocycles. The van der Waals surface area contributed by atoms with E-state index < -0.39 is 0 Å². The van der Waals surface area contributed by atoms with Crippen LogP contribution in [0.4, 0.5) is 0 Å². The van der Waals surface area contributed by atoms with Gasteiger partial charge in [-0.25, -0.2) is 0 Å². The molecular formula is C17H42O7. The second-order valence-electron chi connectivity index (χ2n) is 4.90. The van der Waals surface area contributed by atoms with Crippen LogP contribution in [0.15, 0.2) is 0 Å². The second kappa shape index (κ2) is 38.2. The molecule has 0 bridgehead atoms. The highest BCUT2D eigenvalue weighted by Gasteiger charge is 1.93. The van der Waals surface area contributed by atoms with Gasteiger partial charge in [0, 0.05) is 48.8 Å². The average molecular weight is 359 g/mol. The number of hydrogen-bond acceptors (Lipinski definition) is 7. The van der Waals surface area contributed by atoms with Crippen LogP contribution in [0.1, 0.15) is 34.6 Å². The maximum absolute atomic E-state index is 9.44. The number of Topliss-reactive ketones (excluding diaryl/α,β-unsaturated/α-hetero) is 1. The van der Waals surface area contributed by atoms with Crippen molar-refractivity contribution in [1.82, 2.24) is 0 Å². The first-order valence-electron chi connectivity index (χ1n) is 7.65. The van der Waals surface area contributed by atoms with Gasteiger partial charge in [-0.2, -0.15) is 0 Å². The summed E-state index contributed by atoms with van der Waals surface area (Å²) in [4.78, 5) is 9.44. The van der Waals surface area contributed by atoms with Gasteiger partial charge in [-0.3, -0.25) is 0 Å². The third kappa shape index (κ3) is 162. The number of aliphatic hydroxyl groups is 1. The smallest absolute Gasteiger partial charge is 0.126 e. The molecule has 0 aromatic heterocycles. The molecule has 0 spiro atoms. The van der Waals surface area contributed by atoms with Gasteiger partial charge in [-0.05, 0) is 34.6 Å². The second-order valence-corrected chi connectivity index (χ2v) is 4.90. The lowest BCUT2D eigenvalue weighted by molar-refractivity contribution is -0.114. The summed E-state index contributed by atoms with van der Waals surface area (Å²) in [6.45, 7) is 10.5. The predicted molar refractivity (Wildman–Crippen MR) is 98.7 cm³/mol. The van der Waals surface area contributed by atoms with Gasteiger partial charge in [-0.15, -0.1) is 0 Å². The van der Waals surface area contributed by atoms with Crippen molar-refractivity contribution in [1.29, 1.82) is 0 Å². The summed E-state index contributed by atoms with van der Waals surface area (Å²) in [5.74, 6) is 0.167. The molecule has 7 nitrogen and oxygen atoms in total. The summed E-state index contributed by atoms with van der Waals surface area (Å²) in [7, 11) is 9.89. The molecule has 152 valence electrons. The molecule has 0 aromatic carbocycles. The topological polar surface area (TPSA) is 83.5 Å². The summed E-state index contributed by atoms with van der Waals surface area (Å²) < 4.78 is 23.2. The fraction of sp³-hybridized carbons (Fsp3) is 0.941. The number of rotatable bonds is 6. The van der Waals surface area contributed by atoms with Gasteiger partial charge >= 0.3 is 0 Å². The van der Waals surface area contributed by atoms with Gasteiger partial charge in [0.1, 0.15) is 5.78 Å². The molecule has 7 heteroatoms. The zero-order valence-electron chi connectivity index (χ0n) is 17.7. The number of hydrogen-bond donors (Lipinski definition) is 1. The van der Waals surface area contributed by atoms with Crippen LogP contribution in [0.3, 0.4) is 0 Å². The number of carbonyl (C=O) groups is 1. The van der Waals surface area contributed by atoms with Crippen molar-refractivity contribution < 1.29 is 33.6 Å². The van der Waals surface area contributed by atoms with Crippen molar-refractivity contribution in [3.8, 4) is 0 Å². The molecule has 0 aliphatic heterocycles. The van der Waals surface area contributed by atoms with E-state index >= 15 is 0 Å². The van der Waals surface area contributed by atoms with Crippen molar-refractivity contribution in [2.75, 3.05) is 62.5 Å². The molecule has 0 heterocycles. The van der Waals surface area contributed by atoms with E-state index in [0.29, 0.717) is 19.8 Å². The molecule has 1 N–H and O–H groups in total. The Labute approximate surface area is 149 Å². The highest BCUT2D eigenvalue weighted by molar-refractivity contribution is 5.72. The number of aliphatic hydroxyl groups excluding tert-OH is 1. The number of ether oxygens (including phenoxy) is 5. The first-order chi connectivity index (χ1) is 11.1. The average Bonchev–Trinajstić information content (AvgIpc) is 2.45. The van der Waals surface area contributed by atoms with E-state index in [9.17, 15) is 4.79 Å². The zero-order valence-corrected chi connectivity index (χ0v) is 17.7. The summed E-state index contributed by atoms with van der Waals surface area (Å²) in [6.07, 6.45) is 0.0602. The van der Waals surface area contributed by atoms with Crippen LogP contribution in [-0.4, -0.2) is 85.6 Å². The van der Waals surface area contributed by atoms with Crippen molar-refractivity contribution in [2.24, 2.45) is 0 Å². The lowest BCUT2D eigenvalue weighted by atomic mass is 10.4. The van der Waals surface area contributed by atoms with Crippen molar-refractivity contribution in [3.63, 3.8) is 0 Å². The van der Waals surface area contributed by atoms with Crippen LogP contribution >= 0.6 is 0 Å². The van der Waals surface area contributed by atoms with Gasteiger partial charge < -0.3 is 33.6 Å². The van der Waals surface area contributed by atoms with Gasteiger partial charge in [-0.1, -0.05) is 0 Å². The molecule has 0 saturated carbocycles. The van der Waals surface area contributed by atoms with Crippen molar-refractivity contribution >= 4 is 5.78 Å². The Hall–Kier alpha value is -0.570. The first kappa shape index (κ1) is 34.7. The quantitative estimate of drug-likeness (QED) is 0.729. The Morgan fingerprint density at radius 3 is 1.17 bits per heavy atom. The summed E-state index contributed by atoms with van der Waals surface area (Å²) >= 11 is 0. The van der Waals surface area contributed by atoms with Gasteiger partial charge in [0.2, 0.25) is 0 Å². The molecular weight excluding hydrogens is 316 g/mol. The van der Waals surface area contributed by atoms with Crippen LogP contribution in [0.2, 0.25) is 0 Å². The highest BCUT2D eigenvalue weighted by Crippen LogP contribution is 1.84. The van der Waals surface area contributed by atoms with Gasteiger partial charge in [0.25, 0.3) is 0 Å². The molecule has 0 radical (unpaired) electrons. The Kier molecular flexibility index (Phi) is 55.2. The van der Waals surface area contributed by atoms with Crippen LogP contribution in [0.25, 0.3) is 0 Å². The standard InChI is InChI=1S/C5H12O2.C4H10O2.C3H8O.C3H6O.C2H6O/c1-5(7-3)4-6-2;1-5-3-4-6-2;2*1-3(2)4;1-3-2/h5H,4H2,1-3H3;3-4H2,1-2H3;3-4H,1-2H3;1-2H3;1-2H3. The molecule has 0 amide bonds. The molecule has 0 aliphatic rings. The van der Waals surface area contributed by atoms with Crippen LogP contribution in [-0.2, 0) is 28.5 Å². The van der Waals surface area contributed by atoms with Gasteiger partial charge in [0.15, 0.2) is 0 Å². The third-order valence-corrected chi connectivity index (χ3v) is 1.30. The van der Waals surface area contributed by atoms with E-state index in [4.69, 9.17) is 14.6 Å². The molecule has 0 rings (SSSR count). The minimum absolute atomic E-state index is 0.167.